The molecule has 7 nitrogen and oxygen atoms in total. The van der Waals surface area contributed by atoms with Crippen molar-refractivity contribution in [2.45, 2.75) is 37.8 Å². The summed E-state index contributed by atoms with van der Waals surface area (Å²) < 4.78 is 16.7. The van der Waals surface area contributed by atoms with Gasteiger partial charge in [-0.05, 0) is 54.0 Å². The minimum Gasteiger partial charge on any atom is -0.380 e. The molecular formula is C27H25FN7Os. The van der Waals surface area contributed by atoms with Crippen LogP contribution in [0.2, 0.25) is 0 Å². The van der Waals surface area contributed by atoms with Crippen molar-refractivity contribution in [1.29, 1.82) is 0 Å². The maximum Gasteiger partial charge on any atom is 1.00 e. The molecule has 2 N–H and O–H groups in total. The first-order valence-corrected chi connectivity index (χ1v) is 12.1. The Morgan fingerprint density at radius 1 is 1.11 bits per heavy atom. The Kier molecular flexibility index (Phi) is 5.97. The standard InChI is InChI=1S/C27H25FN7.Os/c28-21-11-22-18(7-8-29-22)10-20(21)13-30-25-12-27(32-16-31-25)35-9-1-2-24(35)23-15-34-14-19(17-3-4-17)5-6-26(34)33-23;/h1,5-8,10-12,14-17,24,29H,2-4,9,13H2,(H,30,31,32);/q-1;+1/t24-;/m1./s1. The number of rotatable bonds is 6. The van der Waals surface area contributed by atoms with Crippen molar-refractivity contribution in [1.82, 2.24) is 24.3 Å². The van der Waals surface area contributed by atoms with Gasteiger partial charge in [-0.15, -0.1) is 6.54 Å². The van der Waals surface area contributed by atoms with Crippen LogP contribution in [0.4, 0.5) is 16.0 Å². The molecule has 0 amide bonds. The molecule has 1 aliphatic heterocycles. The molecule has 1 aromatic carbocycles. The molecule has 1 saturated heterocycles. The zero-order valence-corrected chi connectivity index (χ0v) is 22.0. The number of imidazole rings is 1. The number of benzene rings is 1. The number of H-pyrrole nitrogens is 1. The summed E-state index contributed by atoms with van der Waals surface area (Å²) in [5, 5.41) is 4.25. The van der Waals surface area contributed by atoms with E-state index in [0.717, 1.165) is 41.0 Å². The number of anilines is 2. The number of aromatic nitrogens is 5. The molecule has 2 aliphatic rings. The molecule has 5 aromatic rings. The summed E-state index contributed by atoms with van der Waals surface area (Å²) in [5.41, 5.74) is 4.81. The van der Waals surface area contributed by atoms with E-state index < -0.39 is 0 Å². The van der Waals surface area contributed by atoms with Crippen molar-refractivity contribution < 1.29 is 24.2 Å². The summed E-state index contributed by atoms with van der Waals surface area (Å²) in [6, 6.07) is 11.7. The fourth-order valence-corrected chi connectivity index (χ4v) is 5.05. The third-order valence-corrected chi connectivity index (χ3v) is 7.10. The van der Waals surface area contributed by atoms with Crippen LogP contribution in [-0.2, 0) is 26.3 Å². The third kappa shape index (κ3) is 4.26. The molecular weight excluding hydrogens is 632 g/mol. The summed E-state index contributed by atoms with van der Waals surface area (Å²) in [4.78, 5) is 19.1. The molecule has 0 unspecified atom stereocenters. The van der Waals surface area contributed by atoms with Gasteiger partial charge in [0.1, 0.15) is 29.4 Å². The van der Waals surface area contributed by atoms with Crippen LogP contribution in [-0.4, -0.2) is 30.9 Å². The van der Waals surface area contributed by atoms with E-state index in [-0.39, 0.29) is 31.6 Å². The van der Waals surface area contributed by atoms with Crippen LogP contribution in [0, 0.1) is 12.2 Å². The van der Waals surface area contributed by atoms with Gasteiger partial charge in [0.15, 0.2) is 0 Å². The van der Waals surface area contributed by atoms with Crippen LogP contribution in [0.1, 0.15) is 48.0 Å². The Labute approximate surface area is 221 Å². The topological polar surface area (TPSA) is 74.1 Å². The van der Waals surface area contributed by atoms with E-state index >= 15 is 0 Å². The molecule has 36 heavy (non-hydrogen) atoms. The van der Waals surface area contributed by atoms with Crippen molar-refractivity contribution >= 4 is 28.2 Å². The summed E-state index contributed by atoms with van der Waals surface area (Å²) in [5.74, 6) is 1.97. The van der Waals surface area contributed by atoms with Gasteiger partial charge in [-0.3, -0.25) is 0 Å². The van der Waals surface area contributed by atoms with E-state index in [2.05, 4.69) is 60.5 Å². The molecule has 183 valence electrons. The van der Waals surface area contributed by atoms with Crippen molar-refractivity contribution in [2.75, 3.05) is 16.8 Å². The molecule has 1 atom stereocenters. The zero-order chi connectivity index (χ0) is 23.4. The number of halogens is 1. The van der Waals surface area contributed by atoms with Crippen LogP contribution in [0.3, 0.4) is 0 Å². The van der Waals surface area contributed by atoms with Gasteiger partial charge in [0.25, 0.3) is 0 Å². The number of nitrogens with zero attached hydrogens (tertiary/aromatic N) is 5. The Bertz CT molecular complexity index is 1540. The van der Waals surface area contributed by atoms with Crippen LogP contribution in [0.15, 0.2) is 61.3 Å². The van der Waals surface area contributed by atoms with Gasteiger partial charge in [0.2, 0.25) is 0 Å². The van der Waals surface area contributed by atoms with E-state index in [1.54, 1.807) is 6.33 Å². The molecule has 0 bridgehead atoms. The quantitative estimate of drug-likeness (QED) is 0.240. The van der Waals surface area contributed by atoms with Crippen LogP contribution in [0.5, 0.6) is 0 Å². The number of hydrogen-bond acceptors (Lipinski definition) is 5. The molecule has 9 heteroatoms. The number of nitrogens with one attached hydrogen (secondary N) is 2. The molecule has 5 heterocycles. The SMILES string of the molecule is Fc1cc2[nH]ccc2cc1CNc1cc(N2C[CH-]C[C@@H]2c2cn3cc(C4CC4)ccc3n2)ncn1.[Os+]. The second-order valence-electron chi connectivity index (χ2n) is 9.48. The maximum absolute atomic E-state index is 14.5. The van der Waals surface area contributed by atoms with Gasteiger partial charge < -0.3 is 26.0 Å². The molecule has 1 aliphatic carbocycles. The minimum atomic E-state index is -0.243. The van der Waals surface area contributed by atoms with Crippen molar-refractivity contribution in [3.63, 3.8) is 0 Å². The normalized spacial score (nSPS) is 17.6. The number of aromatic amines is 1. The van der Waals surface area contributed by atoms with Gasteiger partial charge in [-0.1, -0.05) is 6.07 Å². The van der Waals surface area contributed by atoms with Crippen molar-refractivity contribution in [3.8, 4) is 0 Å². The van der Waals surface area contributed by atoms with Crippen LogP contribution in [0.25, 0.3) is 16.6 Å². The number of hydrogen-bond donors (Lipinski definition) is 2. The fourth-order valence-electron chi connectivity index (χ4n) is 5.05. The maximum atomic E-state index is 14.5. The smallest absolute Gasteiger partial charge is 0.380 e. The van der Waals surface area contributed by atoms with E-state index in [9.17, 15) is 4.39 Å². The number of fused-ring (bicyclic) bond motifs is 2. The summed E-state index contributed by atoms with van der Waals surface area (Å²) in [6.07, 6.45) is 13.5. The Morgan fingerprint density at radius 3 is 2.92 bits per heavy atom. The van der Waals surface area contributed by atoms with E-state index in [4.69, 9.17) is 4.98 Å². The number of pyridine rings is 1. The second-order valence-corrected chi connectivity index (χ2v) is 9.48. The van der Waals surface area contributed by atoms with Gasteiger partial charge in [-0.2, -0.15) is 6.42 Å². The monoisotopic (exact) mass is 658 g/mol. The van der Waals surface area contributed by atoms with E-state index in [0.29, 0.717) is 23.8 Å². The van der Waals surface area contributed by atoms with Crippen LogP contribution >= 0.6 is 0 Å². The van der Waals surface area contributed by atoms with Gasteiger partial charge >= 0.3 is 19.8 Å². The van der Waals surface area contributed by atoms with Gasteiger partial charge in [0.05, 0.1) is 5.69 Å². The van der Waals surface area contributed by atoms with Gasteiger partial charge in [-0.25, -0.2) is 19.3 Å². The van der Waals surface area contributed by atoms with E-state index in [1.807, 2.05) is 24.4 Å². The summed E-state index contributed by atoms with van der Waals surface area (Å²) in [7, 11) is 0. The average molecular weight is 657 g/mol. The van der Waals surface area contributed by atoms with Gasteiger partial charge in [0, 0.05) is 48.3 Å². The first-order chi connectivity index (χ1) is 17.2. The fraction of sp³-hybridized carbons (Fsp3) is 0.259. The Balaban J connectivity index is 0.00000240. The molecule has 4 aromatic heterocycles. The Hall–Kier alpha value is -3.30. The minimum absolute atomic E-state index is 0. The predicted octanol–water partition coefficient (Wildman–Crippen LogP) is 5.39. The first-order valence-electron chi connectivity index (χ1n) is 12.1. The van der Waals surface area contributed by atoms with E-state index in [1.165, 1.54) is 24.5 Å². The third-order valence-electron chi connectivity index (χ3n) is 7.10. The summed E-state index contributed by atoms with van der Waals surface area (Å²) >= 11 is 0. The largest absolute Gasteiger partial charge is 1.00 e. The Morgan fingerprint density at radius 2 is 2.03 bits per heavy atom. The predicted molar refractivity (Wildman–Crippen MR) is 134 cm³/mol. The molecule has 2 fully saturated rings. The van der Waals surface area contributed by atoms with Crippen molar-refractivity contribution in [2.24, 2.45) is 0 Å². The molecule has 1 saturated carbocycles. The molecule has 1 radical (unpaired) electrons. The second kappa shape index (κ2) is 9.29. The molecule has 0 spiro atoms. The van der Waals surface area contributed by atoms with Crippen molar-refractivity contribution in [3.05, 3.63) is 90.4 Å². The zero-order valence-electron chi connectivity index (χ0n) is 19.5. The molecule has 7 rings (SSSR count). The first kappa shape index (κ1) is 23.1. The average Bonchev–Trinajstić information content (AvgIpc) is 3.26. The summed E-state index contributed by atoms with van der Waals surface area (Å²) in [6.45, 7) is 1.13. The van der Waals surface area contributed by atoms with Crippen LogP contribution < -0.4 is 10.2 Å².